The van der Waals surface area contributed by atoms with E-state index in [1.54, 1.807) is 0 Å². The Balaban J connectivity index is 0.000000597. The van der Waals surface area contributed by atoms with Crippen LogP contribution in [0.5, 0.6) is 5.75 Å². The number of rotatable bonds is 4. The van der Waals surface area contributed by atoms with Crippen LogP contribution in [0.2, 0.25) is 0 Å². The number of ether oxygens (including phenoxy) is 2. The first kappa shape index (κ1) is 22.4. The molecule has 1 aliphatic rings. The molecule has 1 aliphatic heterocycles. The number of hydrogen-bond donors (Lipinski definition) is 7. The lowest BCUT2D eigenvalue weighted by atomic mass is 9.99. The van der Waals surface area contributed by atoms with E-state index in [2.05, 4.69) is 0 Å². The maximum absolute atomic E-state index is 10.9. The number of hydrogen-bond acceptors (Lipinski definition) is 9. The van der Waals surface area contributed by atoms with E-state index < -0.39 is 50.1 Å². The van der Waals surface area contributed by atoms with Gasteiger partial charge in [0.15, 0.2) is 18.1 Å². The summed E-state index contributed by atoms with van der Waals surface area (Å²) in [5.74, 6) is -0.177. The van der Waals surface area contributed by atoms with Crippen LogP contribution in [0.25, 0.3) is 0 Å². The number of benzene rings is 1. The van der Waals surface area contributed by atoms with Crippen molar-refractivity contribution in [3.63, 3.8) is 0 Å². The second-order valence-corrected chi connectivity index (χ2v) is 6.08. The Kier molecular flexibility index (Phi) is 8.02. The average molecular weight is 399 g/mol. The highest BCUT2D eigenvalue weighted by Crippen LogP contribution is 2.30. The van der Waals surface area contributed by atoms with Crippen molar-refractivity contribution >= 4 is 13.5 Å². The average Bonchev–Trinajstić information content (AvgIpc) is 2.53. The Morgan fingerprint density at radius 2 is 1.69 bits per heavy atom. The molecule has 0 radical (unpaired) electrons. The summed E-state index contributed by atoms with van der Waals surface area (Å²) < 4.78 is 19.0. The minimum absolute atomic E-state index is 0.177. The summed E-state index contributed by atoms with van der Waals surface area (Å²) in [5, 5.41) is 49.2. The van der Waals surface area contributed by atoms with Crippen molar-refractivity contribution in [1.29, 1.82) is 0 Å². The molecule has 1 saturated heterocycles. The molecule has 1 aromatic rings. The first-order valence-electron chi connectivity index (χ1n) is 6.94. The Morgan fingerprint density at radius 3 is 2.19 bits per heavy atom. The number of phosphoric acid groups is 1. The van der Waals surface area contributed by atoms with Gasteiger partial charge in [-0.25, -0.2) is 4.57 Å². The number of nitro benzene ring substituents is 1. The molecule has 1 fully saturated rings. The van der Waals surface area contributed by atoms with E-state index in [1.807, 2.05) is 0 Å². The quantitative estimate of drug-likeness (QED) is 0.163. The van der Waals surface area contributed by atoms with Crippen LogP contribution in [-0.2, 0) is 9.30 Å². The molecule has 148 valence electrons. The van der Waals surface area contributed by atoms with Gasteiger partial charge in [0.1, 0.15) is 18.3 Å². The van der Waals surface area contributed by atoms with Crippen molar-refractivity contribution in [2.24, 2.45) is 0 Å². The smallest absolute Gasteiger partial charge is 0.466 e. The molecule has 0 saturated carbocycles. The van der Waals surface area contributed by atoms with Crippen LogP contribution in [0, 0.1) is 10.1 Å². The first-order valence-corrected chi connectivity index (χ1v) is 8.51. The fourth-order valence-electron chi connectivity index (χ4n) is 2.05. The van der Waals surface area contributed by atoms with Gasteiger partial charge in [-0.05, 0) is 6.07 Å². The maximum Gasteiger partial charge on any atom is 0.466 e. The number of aliphatic hydroxyl groups excluding tert-OH is 4. The Morgan fingerprint density at radius 1 is 1.15 bits per heavy atom. The van der Waals surface area contributed by atoms with Gasteiger partial charge in [-0.1, -0.05) is 12.1 Å². The Hall–Kier alpha value is -1.67. The minimum atomic E-state index is -4.64. The zero-order valence-electron chi connectivity index (χ0n) is 13.0. The van der Waals surface area contributed by atoms with Crippen LogP contribution in [0.1, 0.15) is 0 Å². The van der Waals surface area contributed by atoms with E-state index in [0.717, 1.165) is 0 Å². The molecule has 5 atom stereocenters. The van der Waals surface area contributed by atoms with Crippen molar-refractivity contribution < 1.29 is 54.1 Å². The first-order chi connectivity index (χ1) is 12.0. The molecular formula is C12H18NO12P. The van der Waals surface area contributed by atoms with Gasteiger partial charge in [-0.15, -0.1) is 0 Å². The van der Waals surface area contributed by atoms with Gasteiger partial charge in [0, 0.05) is 6.07 Å². The molecule has 0 aromatic heterocycles. The maximum atomic E-state index is 10.9. The van der Waals surface area contributed by atoms with E-state index in [1.165, 1.54) is 24.3 Å². The molecule has 0 amide bonds. The minimum Gasteiger partial charge on any atom is -0.475 e. The van der Waals surface area contributed by atoms with Crippen LogP contribution in [-0.4, -0.2) is 77.3 Å². The highest BCUT2D eigenvalue weighted by molar-refractivity contribution is 7.45. The van der Waals surface area contributed by atoms with Gasteiger partial charge in [-0.2, -0.15) is 0 Å². The van der Waals surface area contributed by atoms with Gasteiger partial charge in [0.05, 0.1) is 11.5 Å². The molecule has 0 unspecified atom stereocenters. The third kappa shape index (κ3) is 6.57. The number of para-hydroxylation sites is 2. The van der Waals surface area contributed by atoms with Gasteiger partial charge in [0.2, 0.25) is 0 Å². The zero-order valence-corrected chi connectivity index (χ0v) is 13.9. The summed E-state index contributed by atoms with van der Waals surface area (Å²) in [6, 6.07) is 5.41. The molecule has 26 heavy (non-hydrogen) atoms. The van der Waals surface area contributed by atoms with Crippen molar-refractivity contribution in [2.45, 2.75) is 30.7 Å². The molecule has 7 N–H and O–H groups in total. The largest absolute Gasteiger partial charge is 0.475 e. The highest BCUT2D eigenvalue weighted by Gasteiger charge is 2.45. The van der Waals surface area contributed by atoms with Gasteiger partial charge >= 0.3 is 13.5 Å². The second kappa shape index (κ2) is 9.32. The predicted molar refractivity (Wildman–Crippen MR) is 81.8 cm³/mol. The van der Waals surface area contributed by atoms with Crippen molar-refractivity contribution in [2.75, 3.05) is 6.61 Å². The topological polar surface area (TPSA) is 220 Å². The van der Waals surface area contributed by atoms with E-state index in [0.29, 0.717) is 0 Å². The number of nitro groups is 1. The summed E-state index contributed by atoms with van der Waals surface area (Å²) in [5.41, 5.74) is -0.351. The van der Waals surface area contributed by atoms with E-state index in [9.17, 15) is 25.4 Å². The third-order valence-corrected chi connectivity index (χ3v) is 3.17. The molecular weight excluding hydrogens is 381 g/mol. The lowest BCUT2D eigenvalue weighted by Crippen LogP contribution is -2.60. The fourth-order valence-corrected chi connectivity index (χ4v) is 2.05. The molecule has 2 rings (SSSR count). The lowest BCUT2D eigenvalue weighted by Gasteiger charge is -2.39. The van der Waals surface area contributed by atoms with E-state index in [4.69, 9.17) is 33.8 Å². The van der Waals surface area contributed by atoms with Crippen LogP contribution in [0.15, 0.2) is 24.3 Å². The van der Waals surface area contributed by atoms with Crippen LogP contribution >= 0.6 is 7.82 Å². The van der Waals surface area contributed by atoms with Crippen molar-refractivity contribution in [3.8, 4) is 5.75 Å². The van der Waals surface area contributed by atoms with E-state index >= 15 is 0 Å². The summed E-state index contributed by atoms with van der Waals surface area (Å²) in [6.07, 6.45) is -7.32. The Labute approximate surface area is 146 Å². The fraction of sp³-hybridized carbons (Fsp3) is 0.500. The standard InChI is InChI=1S/C12H15NO8.H3O4P/c14-5-8-9(15)10(16)11(12(17)21-8)20-7-4-2-1-3-6(7)13(18)19;1-5(2,3)4/h1-4,8-12,14-17H,5H2;(H3,1,2,3,4)/t8-,9+,10+,11-,12-;/m1./s1. The highest BCUT2D eigenvalue weighted by atomic mass is 31.2. The molecule has 13 nitrogen and oxygen atoms in total. The van der Waals surface area contributed by atoms with Crippen LogP contribution < -0.4 is 4.74 Å². The molecule has 0 bridgehead atoms. The number of nitrogens with zero attached hydrogens (tertiary/aromatic N) is 1. The summed E-state index contributed by atoms with van der Waals surface area (Å²) >= 11 is 0. The van der Waals surface area contributed by atoms with Crippen LogP contribution in [0.3, 0.4) is 0 Å². The van der Waals surface area contributed by atoms with Gasteiger partial charge in [0.25, 0.3) is 0 Å². The molecule has 14 heteroatoms. The molecule has 1 aromatic carbocycles. The SMILES string of the molecule is O=P(O)(O)O.O=[N+]([O-])c1ccccc1O[C@@H]1[C@@H](O)[C@@H](O)[C@@H](CO)O[C@H]1O. The monoisotopic (exact) mass is 399 g/mol. The Bertz CT molecular complexity index is 643. The lowest BCUT2D eigenvalue weighted by molar-refractivity contribution is -0.386. The summed E-state index contributed by atoms with van der Waals surface area (Å²) in [4.78, 5) is 31.8. The zero-order chi connectivity index (χ0) is 20.1. The van der Waals surface area contributed by atoms with Gasteiger partial charge < -0.3 is 44.6 Å². The summed E-state index contributed by atoms with van der Waals surface area (Å²) in [6.45, 7) is -0.604. The van der Waals surface area contributed by atoms with E-state index in [-0.39, 0.29) is 11.4 Å². The third-order valence-electron chi connectivity index (χ3n) is 3.17. The van der Waals surface area contributed by atoms with Crippen LogP contribution in [0.4, 0.5) is 5.69 Å². The predicted octanol–water partition coefficient (Wildman–Crippen LogP) is -2.16. The molecule has 0 spiro atoms. The van der Waals surface area contributed by atoms with Crippen molar-refractivity contribution in [1.82, 2.24) is 0 Å². The number of aliphatic hydroxyl groups is 4. The second-order valence-electron chi connectivity index (χ2n) is 5.05. The van der Waals surface area contributed by atoms with Crippen molar-refractivity contribution in [3.05, 3.63) is 34.4 Å². The molecule has 0 aliphatic carbocycles. The molecule has 1 heterocycles. The normalized spacial score (nSPS) is 28.7. The van der Waals surface area contributed by atoms with Gasteiger partial charge in [-0.3, -0.25) is 10.1 Å². The summed E-state index contributed by atoms with van der Waals surface area (Å²) in [7, 11) is -4.64.